The van der Waals surface area contributed by atoms with Crippen LogP contribution in [0.15, 0.2) is 0 Å². The minimum Gasteiger partial charge on any atom is -0.346 e. The lowest BCUT2D eigenvalue weighted by Gasteiger charge is -2.25. The molecule has 1 aliphatic carbocycles. The van der Waals surface area contributed by atoms with Gasteiger partial charge in [-0.1, -0.05) is 32.1 Å². The average molecular weight is 263 g/mol. The molecule has 1 amide bonds. The van der Waals surface area contributed by atoms with Crippen LogP contribution in [0.4, 0.5) is 0 Å². The number of nitrogens with zero attached hydrogens (tertiary/aromatic N) is 1. The Morgan fingerprint density at radius 1 is 1.35 bits per heavy atom. The molecule has 0 heterocycles. The summed E-state index contributed by atoms with van der Waals surface area (Å²) in [5.41, 5.74) is 5.62. The van der Waals surface area contributed by atoms with Crippen molar-refractivity contribution in [2.45, 2.75) is 57.9 Å². The molecule has 1 unspecified atom stereocenters. The molecule has 1 saturated carbocycles. The predicted octanol–water partition coefficient (Wildman–Crippen LogP) is 2.57. The zero-order chi connectivity index (χ0) is 12.0. The molecule has 3 nitrogen and oxygen atoms in total. The van der Waals surface area contributed by atoms with Gasteiger partial charge in [0.05, 0.1) is 0 Å². The van der Waals surface area contributed by atoms with Gasteiger partial charge in [0, 0.05) is 26.1 Å². The van der Waals surface area contributed by atoms with Crippen LogP contribution < -0.4 is 5.73 Å². The van der Waals surface area contributed by atoms with E-state index in [4.69, 9.17) is 5.73 Å². The summed E-state index contributed by atoms with van der Waals surface area (Å²) in [6.07, 6.45) is 8.51. The van der Waals surface area contributed by atoms with Crippen molar-refractivity contribution in [1.29, 1.82) is 0 Å². The van der Waals surface area contributed by atoms with Crippen molar-refractivity contribution in [1.82, 2.24) is 4.90 Å². The molecule has 0 saturated heterocycles. The standard InChI is InChI=1S/C13H26N2O.ClH/c1-11(14)10-13(16)15(2)9-8-12-6-4-3-5-7-12;/h11-12H,3-10,14H2,1-2H3;1H. The van der Waals surface area contributed by atoms with E-state index in [2.05, 4.69) is 0 Å². The summed E-state index contributed by atoms with van der Waals surface area (Å²) in [5, 5.41) is 0. The summed E-state index contributed by atoms with van der Waals surface area (Å²) < 4.78 is 0. The van der Waals surface area contributed by atoms with E-state index in [9.17, 15) is 4.79 Å². The van der Waals surface area contributed by atoms with Gasteiger partial charge in [0.15, 0.2) is 0 Å². The quantitative estimate of drug-likeness (QED) is 0.828. The van der Waals surface area contributed by atoms with Crippen LogP contribution in [0, 0.1) is 5.92 Å². The molecule has 0 aromatic carbocycles. The Morgan fingerprint density at radius 2 is 1.94 bits per heavy atom. The van der Waals surface area contributed by atoms with Gasteiger partial charge in [-0.05, 0) is 19.3 Å². The van der Waals surface area contributed by atoms with Crippen LogP contribution >= 0.6 is 12.4 Å². The summed E-state index contributed by atoms with van der Waals surface area (Å²) in [4.78, 5) is 13.5. The van der Waals surface area contributed by atoms with E-state index >= 15 is 0 Å². The van der Waals surface area contributed by atoms with E-state index in [0.29, 0.717) is 6.42 Å². The normalized spacial score (nSPS) is 18.3. The van der Waals surface area contributed by atoms with Gasteiger partial charge in [0.1, 0.15) is 0 Å². The van der Waals surface area contributed by atoms with Gasteiger partial charge in [-0.3, -0.25) is 4.79 Å². The van der Waals surface area contributed by atoms with Crippen LogP contribution in [-0.4, -0.2) is 30.4 Å². The lowest BCUT2D eigenvalue weighted by Crippen LogP contribution is -2.33. The molecule has 0 aliphatic heterocycles. The van der Waals surface area contributed by atoms with Gasteiger partial charge in [-0.25, -0.2) is 0 Å². The first kappa shape index (κ1) is 16.7. The average Bonchev–Trinajstić information content (AvgIpc) is 2.26. The summed E-state index contributed by atoms with van der Waals surface area (Å²) in [5.74, 6) is 1.03. The molecule has 0 spiro atoms. The van der Waals surface area contributed by atoms with Gasteiger partial charge in [-0.15, -0.1) is 12.4 Å². The number of hydrogen-bond donors (Lipinski definition) is 1. The predicted molar refractivity (Wildman–Crippen MR) is 74.3 cm³/mol. The fourth-order valence-corrected chi connectivity index (χ4v) is 2.41. The first-order chi connectivity index (χ1) is 7.59. The van der Waals surface area contributed by atoms with Crippen molar-refractivity contribution >= 4 is 18.3 Å². The lowest BCUT2D eigenvalue weighted by molar-refractivity contribution is -0.130. The van der Waals surface area contributed by atoms with E-state index in [1.165, 1.54) is 38.5 Å². The molecule has 2 N–H and O–H groups in total. The number of halogens is 1. The third kappa shape index (κ3) is 6.89. The third-order valence-electron chi connectivity index (χ3n) is 3.52. The molecule has 1 rings (SSSR count). The molecular weight excluding hydrogens is 236 g/mol. The van der Waals surface area contributed by atoms with Gasteiger partial charge >= 0.3 is 0 Å². The summed E-state index contributed by atoms with van der Waals surface area (Å²) in [7, 11) is 1.90. The molecule has 1 fully saturated rings. The van der Waals surface area contributed by atoms with Gasteiger partial charge < -0.3 is 10.6 Å². The van der Waals surface area contributed by atoms with Gasteiger partial charge in [0.25, 0.3) is 0 Å². The molecule has 4 heteroatoms. The maximum atomic E-state index is 11.7. The van der Waals surface area contributed by atoms with Crippen LogP contribution in [0.25, 0.3) is 0 Å². The molecule has 17 heavy (non-hydrogen) atoms. The number of amides is 1. The molecule has 0 bridgehead atoms. The lowest BCUT2D eigenvalue weighted by atomic mass is 9.87. The topological polar surface area (TPSA) is 46.3 Å². The molecule has 0 aromatic heterocycles. The fraction of sp³-hybridized carbons (Fsp3) is 0.923. The van der Waals surface area contributed by atoms with Gasteiger partial charge in [0.2, 0.25) is 5.91 Å². The number of hydrogen-bond acceptors (Lipinski definition) is 2. The van der Waals surface area contributed by atoms with Crippen molar-refractivity contribution in [3.63, 3.8) is 0 Å². The monoisotopic (exact) mass is 262 g/mol. The third-order valence-corrected chi connectivity index (χ3v) is 3.52. The molecule has 102 valence electrons. The van der Waals surface area contributed by atoms with E-state index in [0.717, 1.165) is 12.5 Å². The fourth-order valence-electron chi connectivity index (χ4n) is 2.41. The highest BCUT2D eigenvalue weighted by Gasteiger charge is 2.16. The molecule has 1 atom stereocenters. The van der Waals surface area contributed by atoms with Gasteiger partial charge in [-0.2, -0.15) is 0 Å². The first-order valence-corrected chi connectivity index (χ1v) is 6.59. The highest BCUT2D eigenvalue weighted by atomic mass is 35.5. The van der Waals surface area contributed by atoms with Crippen LogP contribution in [-0.2, 0) is 4.79 Å². The summed E-state index contributed by atoms with van der Waals surface area (Å²) in [6, 6.07) is -0.0235. The van der Waals surface area contributed by atoms with Crippen molar-refractivity contribution in [2.24, 2.45) is 11.7 Å². The second-order valence-corrected chi connectivity index (χ2v) is 5.29. The Morgan fingerprint density at radius 3 is 2.47 bits per heavy atom. The van der Waals surface area contributed by atoms with Crippen LogP contribution in [0.1, 0.15) is 51.9 Å². The first-order valence-electron chi connectivity index (χ1n) is 6.59. The maximum Gasteiger partial charge on any atom is 0.223 e. The van der Waals surface area contributed by atoms with E-state index in [1.54, 1.807) is 0 Å². The SMILES string of the molecule is CC(N)CC(=O)N(C)CCC1CCCCC1.Cl. The van der Waals surface area contributed by atoms with E-state index in [-0.39, 0.29) is 24.4 Å². The number of carbonyl (C=O) groups excluding carboxylic acids is 1. The maximum absolute atomic E-state index is 11.7. The number of rotatable bonds is 5. The second-order valence-electron chi connectivity index (χ2n) is 5.29. The summed E-state index contributed by atoms with van der Waals surface area (Å²) in [6.45, 7) is 2.78. The summed E-state index contributed by atoms with van der Waals surface area (Å²) >= 11 is 0. The smallest absolute Gasteiger partial charge is 0.223 e. The van der Waals surface area contributed by atoms with Crippen LogP contribution in [0.5, 0.6) is 0 Å². The Labute approximate surface area is 112 Å². The van der Waals surface area contributed by atoms with Crippen molar-refractivity contribution in [2.75, 3.05) is 13.6 Å². The van der Waals surface area contributed by atoms with Crippen LogP contribution in [0.2, 0.25) is 0 Å². The Hall–Kier alpha value is -0.280. The van der Waals surface area contributed by atoms with Crippen molar-refractivity contribution in [3.05, 3.63) is 0 Å². The number of carbonyl (C=O) groups is 1. The zero-order valence-electron chi connectivity index (χ0n) is 11.2. The Balaban J connectivity index is 0.00000256. The number of nitrogens with two attached hydrogens (primary N) is 1. The molecular formula is C13H27ClN2O. The molecule has 0 radical (unpaired) electrons. The minimum absolute atomic E-state index is 0. The Bertz CT molecular complexity index is 215. The molecule has 0 aromatic rings. The van der Waals surface area contributed by atoms with Crippen molar-refractivity contribution < 1.29 is 4.79 Å². The Kier molecular flexibility index (Phi) is 8.61. The van der Waals surface area contributed by atoms with Crippen LogP contribution in [0.3, 0.4) is 0 Å². The molecule has 1 aliphatic rings. The van der Waals surface area contributed by atoms with Crippen molar-refractivity contribution in [3.8, 4) is 0 Å². The second kappa shape index (κ2) is 8.76. The van der Waals surface area contributed by atoms with E-state index in [1.807, 2.05) is 18.9 Å². The largest absolute Gasteiger partial charge is 0.346 e. The highest BCUT2D eigenvalue weighted by molar-refractivity contribution is 5.85. The minimum atomic E-state index is -0.0235. The zero-order valence-corrected chi connectivity index (χ0v) is 12.0. The highest BCUT2D eigenvalue weighted by Crippen LogP contribution is 2.26. The van der Waals surface area contributed by atoms with E-state index < -0.39 is 0 Å².